The first kappa shape index (κ1) is 30.8. The highest BCUT2D eigenvalue weighted by Gasteiger charge is 2.24. The van der Waals surface area contributed by atoms with E-state index in [1.54, 1.807) is 0 Å². The van der Waals surface area contributed by atoms with Gasteiger partial charge in [0.2, 0.25) is 5.89 Å². The van der Waals surface area contributed by atoms with E-state index in [9.17, 15) is 0 Å². The van der Waals surface area contributed by atoms with Crippen LogP contribution in [0.15, 0.2) is 191 Å². The Kier molecular flexibility index (Phi) is 7.10. The van der Waals surface area contributed by atoms with Gasteiger partial charge >= 0.3 is 0 Å². The van der Waals surface area contributed by atoms with Gasteiger partial charge < -0.3 is 19.2 Å². The summed E-state index contributed by atoms with van der Waals surface area (Å²) in [6.45, 7) is 0. The molecular formula is C48H32N4OS. The number of para-hydroxylation sites is 4. The van der Waals surface area contributed by atoms with E-state index in [0.29, 0.717) is 5.89 Å². The summed E-state index contributed by atoms with van der Waals surface area (Å²) in [5.41, 5.74) is 11.6. The highest BCUT2D eigenvalue weighted by molar-refractivity contribution is 8.00. The minimum Gasteiger partial charge on any atom is -0.436 e. The molecule has 54 heavy (non-hydrogen) atoms. The molecule has 0 fully saturated rings. The van der Waals surface area contributed by atoms with Crippen LogP contribution in [-0.2, 0) is 0 Å². The van der Waals surface area contributed by atoms with Crippen molar-refractivity contribution < 1.29 is 4.42 Å². The van der Waals surface area contributed by atoms with Crippen LogP contribution in [0.4, 0.5) is 22.7 Å². The number of thioether (sulfide) groups is 1. The molecular weight excluding hydrogens is 681 g/mol. The van der Waals surface area contributed by atoms with E-state index in [1.807, 2.05) is 36.0 Å². The van der Waals surface area contributed by atoms with Gasteiger partial charge in [0.15, 0.2) is 5.58 Å². The lowest BCUT2D eigenvalue weighted by molar-refractivity contribution is 0.620. The lowest BCUT2D eigenvalue weighted by atomic mass is 10.1. The summed E-state index contributed by atoms with van der Waals surface area (Å²) in [7, 11) is 0. The van der Waals surface area contributed by atoms with Crippen LogP contribution < -0.4 is 10.2 Å². The number of rotatable bonds is 6. The molecule has 8 aromatic carbocycles. The summed E-state index contributed by atoms with van der Waals surface area (Å²) in [6, 6.07) is 64.6. The van der Waals surface area contributed by atoms with Crippen molar-refractivity contribution in [3.8, 4) is 17.1 Å². The number of oxazole rings is 1. The Hall–Kier alpha value is -6.76. The Labute approximate surface area is 316 Å². The first-order valence-electron chi connectivity index (χ1n) is 18.1. The molecule has 0 saturated heterocycles. The number of nitrogens with zero attached hydrogens (tertiary/aromatic N) is 3. The predicted octanol–water partition coefficient (Wildman–Crippen LogP) is 13.4. The van der Waals surface area contributed by atoms with Crippen molar-refractivity contribution in [3.63, 3.8) is 0 Å². The first-order valence-corrected chi connectivity index (χ1v) is 19.0. The fraction of sp³-hybridized carbons (Fsp3) is 0.0208. The van der Waals surface area contributed by atoms with Crippen LogP contribution >= 0.6 is 11.8 Å². The van der Waals surface area contributed by atoms with Crippen LogP contribution in [0.3, 0.4) is 0 Å². The van der Waals surface area contributed by atoms with Crippen LogP contribution in [0.2, 0.25) is 0 Å². The molecule has 0 aliphatic carbocycles. The first-order chi connectivity index (χ1) is 26.7. The van der Waals surface area contributed by atoms with Crippen LogP contribution in [0.1, 0.15) is 10.9 Å². The van der Waals surface area contributed by atoms with Crippen molar-refractivity contribution in [2.75, 3.05) is 10.2 Å². The largest absolute Gasteiger partial charge is 0.436 e. The Morgan fingerprint density at radius 2 is 1.24 bits per heavy atom. The third-order valence-electron chi connectivity index (χ3n) is 10.4. The molecule has 5 nitrogen and oxygen atoms in total. The zero-order chi connectivity index (χ0) is 35.6. The third-order valence-corrected chi connectivity index (χ3v) is 11.6. The lowest BCUT2D eigenvalue weighted by Crippen LogP contribution is -2.10. The van der Waals surface area contributed by atoms with Crippen LogP contribution in [-0.4, -0.2) is 9.55 Å². The smallest absolute Gasteiger partial charge is 0.227 e. The van der Waals surface area contributed by atoms with Gasteiger partial charge in [-0.3, -0.25) is 0 Å². The predicted molar refractivity (Wildman–Crippen MR) is 225 cm³/mol. The third kappa shape index (κ3) is 5.14. The summed E-state index contributed by atoms with van der Waals surface area (Å²) in [6.07, 6.45) is 0. The topological polar surface area (TPSA) is 46.2 Å². The highest BCUT2D eigenvalue weighted by Crippen LogP contribution is 2.48. The van der Waals surface area contributed by atoms with Gasteiger partial charge in [0.05, 0.1) is 11.0 Å². The second kappa shape index (κ2) is 12.4. The Morgan fingerprint density at radius 1 is 0.574 bits per heavy atom. The average Bonchev–Trinajstić information content (AvgIpc) is 3.94. The van der Waals surface area contributed by atoms with Gasteiger partial charge in [0.25, 0.3) is 0 Å². The molecule has 1 atom stereocenters. The number of hydrogen-bond donors (Lipinski definition) is 1. The molecule has 10 aromatic rings. The zero-order valence-corrected chi connectivity index (χ0v) is 29.9. The lowest BCUT2D eigenvalue weighted by Gasteiger charge is -2.26. The Bertz CT molecular complexity index is 2930. The molecule has 11 rings (SSSR count). The maximum absolute atomic E-state index is 6.13. The number of hydrogen-bond acceptors (Lipinski definition) is 5. The van der Waals surface area contributed by atoms with Gasteiger partial charge in [-0.1, -0.05) is 103 Å². The number of benzene rings is 8. The number of anilines is 4. The van der Waals surface area contributed by atoms with Gasteiger partial charge in [-0.15, -0.1) is 0 Å². The molecule has 1 N–H and O–H groups in total. The minimum absolute atomic E-state index is 0.132. The molecule has 0 bridgehead atoms. The molecule has 6 heteroatoms. The number of fused-ring (bicyclic) bond motifs is 6. The van der Waals surface area contributed by atoms with E-state index < -0.39 is 0 Å². The SMILES string of the molecule is c1ccc(-n2c3ccccc3c3ccc(N(c4ccc(-c5nc6ccccc6o5)cc4)c4ccc(C5Nc6cc7ccccc7cc6S5)cc4)cc32)cc1. The summed E-state index contributed by atoms with van der Waals surface area (Å²) in [5, 5.41) is 8.87. The molecule has 3 heterocycles. The maximum atomic E-state index is 6.13. The monoisotopic (exact) mass is 712 g/mol. The summed E-state index contributed by atoms with van der Waals surface area (Å²) in [5.74, 6) is 0.614. The van der Waals surface area contributed by atoms with Crippen molar-refractivity contribution in [3.05, 3.63) is 188 Å². The summed E-state index contributed by atoms with van der Waals surface area (Å²) in [4.78, 5) is 8.37. The minimum atomic E-state index is 0.132. The van der Waals surface area contributed by atoms with Crippen molar-refractivity contribution in [1.29, 1.82) is 0 Å². The Morgan fingerprint density at radius 3 is 2.06 bits per heavy atom. The molecule has 1 aliphatic heterocycles. The van der Waals surface area contributed by atoms with Crippen LogP contribution in [0.25, 0.3) is 60.8 Å². The van der Waals surface area contributed by atoms with Crippen molar-refractivity contribution >= 4 is 78.2 Å². The van der Waals surface area contributed by atoms with E-state index in [2.05, 4.69) is 173 Å². The van der Waals surface area contributed by atoms with Gasteiger partial charge in [0.1, 0.15) is 10.9 Å². The maximum Gasteiger partial charge on any atom is 0.227 e. The quantitative estimate of drug-likeness (QED) is 0.186. The second-order valence-corrected chi connectivity index (χ2v) is 14.8. The fourth-order valence-electron chi connectivity index (χ4n) is 7.83. The molecule has 0 saturated carbocycles. The van der Waals surface area contributed by atoms with Crippen LogP contribution in [0, 0.1) is 0 Å². The van der Waals surface area contributed by atoms with E-state index in [1.165, 1.54) is 43.2 Å². The molecule has 1 unspecified atom stereocenters. The number of aromatic nitrogens is 2. The van der Waals surface area contributed by atoms with E-state index >= 15 is 0 Å². The van der Waals surface area contributed by atoms with Gasteiger partial charge in [0, 0.05) is 49.7 Å². The van der Waals surface area contributed by atoms with Crippen molar-refractivity contribution in [1.82, 2.24) is 9.55 Å². The van der Waals surface area contributed by atoms with Crippen molar-refractivity contribution in [2.45, 2.75) is 10.3 Å². The number of nitrogens with one attached hydrogen (secondary N) is 1. The van der Waals surface area contributed by atoms with Crippen molar-refractivity contribution in [2.24, 2.45) is 0 Å². The van der Waals surface area contributed by atoms with Gasteiger partial charge in [-0.25, -0.2) is 4.98 Å². The fourth-order valence-corrected chi connectivity index (χ4v) is 9.00. The molecule has 1 aliphatic rings. The molecule has 0 amide bonds. The highest BCUT2D eigenvalue weighted by atomic mass is 32.2. The van der Waals surface area contributed by atoms with E-state index in [4.69, 9.17) is 9.40 Å². The molecule has 0 spiro atoms. The normalized spacial score (nSPS) is 13.8. The second-order valence-electron chi connectivity index (χ2n) is 13.7. The zero-order valence-electron chi connectivity index (χ0n) is 29.1. The molecule has 0 radical (unpaired) electrons. The van der Waals surface area contributed by atoms with E-state index in [0.717, 1.165) is 44.9 Å². The van der Waals surface area contributed by atoms with Gasteiger partial charge in [-0.2, -0.15) is 0 Å². The summed E-state index contributed by atoms with van der Waals surface area (Å²) < 4.78 is 8.50. The van der Waals surface area contributed by atoms with E-state index in [-0.39, 0.29) is 5.37 Å². The molecule has 2 aromatic heterocycles. The molecule has 256 valence electrons. The summed E-state index contributed by atoms with van der Waals surface area (Å²) >= 11 is 1.87. The van der Waals surface area contributed by atoms with Crippen LogP contribution in [0.5, 0.6) is 0 Å². The standard InChI is InChI=1S/C48H32N4OS/c1-2-12-35(13-3-1)52-43-16-8-6-14-39(43)40-27-26-38(30-44(40)52)51(36-22-18-31(19-23-36)47-49-41-15-7-9-17-45(41)53-47)37-24-20-32(21-25-37)48-50-42-28-33-10-4-5-11-34(33)29-46(42)54-48/h1-30,48,50H. The Balaban J connectivity index is 1.01. The average molecular weight is 713 g/mol. The van der Waals surface area contributed by atoms with Gasteiger partial charge in [-0.05, 0) is 107 Å².